The lowest BCUT2D eigenvalue weighted by Gasteiger charge is -2.34. The van der Waals surface area contributed by atoms with Crippen molar-refractivity contribution in [2.45, 2.75) is 37.8 Å². The van der Waals surface area contributed by atoms with Gasteiger partial charge in [-0.1, -0.05) is 12.8 Å². The van der Waals surface area contributed by atoms with E-state index in [1.165, 1.54) is 59.0 Å². The molecule has 0 atom stereocenters. The number of rotatable bonds is 3. The third-order valence-electron chi connectivity index (χ3n) is 5.78. The number of carbonyl (C=O) groups excluding carboxylic acids is 1. The van der Waals surface area contributed by atoms with Crippen LogP contribution in [0.5, 0.6) is 0 Å². The van der Waals surface area contributed by atoms with Gasteiger partial charge in [-0.05, 0) is 48.6 Å². The molecule has 0 radical (unpaired) electrons. The Balaban J connectivity index is 1.42. The van der Waals surface area contributed by atoms with E-state index in [9.17, 15) is 13.6 Å². The van der Waals surface area contributed by atoms with Crippen molar-refractivity contribution in [1.29, 1.82) is 0 Å². The standard InChI is InChI=1S/C21H21F2N5O/c22-16-11-27(12-16)21(29)25-17-5-6-18(23)19(8-17)28-10-15-7-14(9-24-20(15)26-28)13-3-1-2-4-13/h5-10,13,16H,1-4,11-12H2,(H,25,29). The van der Waals surface area contributed by atoms with Gasteiger partial charge in [-0.15, -0.1) is 5.10 Å². The van der Waals surface area contributed by atoms with E-state index in [0.29, 0.717) is 17.3 Å². The second-order valence-electron chi connectivity index (χ2n) is 7.84. The lowest BCUT2D eigenvalue weighted by Crippen LogP contribution is -2.53. The van der Waals surface area contributed by atoms with Gasteiger partial charge in [0.1, 0.15) is 17.7 Å². The van der Waals surface area contributed by atoms with Gasteiger partial charge in [-0.2, -0.15) is 0 Å². The minimum absolute atomic E-state index is 0.0828. The zero-order chi connectivity index (χ0) is 20.0. The summed E-state index contributed by atoms with van der Waals surface area (Å²) in [4.78, 5) is 17.9. The van der Waals surface area contributed by atoms with Gasteiger partial charge in [0.05, 0.1) is 13.1 Å². The van der Waals surface area contributed by atoms with E-state index in [4.69, 9.17) is 0 Å². The predicted molar refractivity (Wildman–Crippen MR) is 106 cm³/mol. The summed E-state index contributed by atoms with van der Waals surface area (Å²) < 4.78 is 28.9. The van der Waals surface area contributed by atoms with Gasteiger partial charge in [0.2, 0.25) is 0 Å². The average Bonchev–Trinajstić information content (AvgIpc) is 3.35. The number of nitrogens with one attached hydrogen (secondary N) is 1. The highest BCUT2D eigenvalue weighted by atomic mass is 19.1. The Hall–Kier alpha value is -3.03. The Morgan fingerprint density at radius 3 is 2.72 bits per heavy atom. The van der Waals surface area contributed by atoms with Crippen LogP contribution in [0.25, 0.3) is 16.7 Å². The van der Waals surface area contributed by atoms with Crippen LogP contribution in [0.3, 0.4) is 0 Å². The number of halogens is 2. The van der Waals surface area contributed by atoms with Crippen LogP contribution in [-0.2, 0) is 0 Å². The number of aromatic nitrogens is 3. The number of fused-ring (bicyclic) bond motifs is 1. The molecule has 150 valence electrons. The molecule has 5 rings (SSSR count). The largest absolute Gasteiger partial charge is 0.322 e. The SMILES string of the molecule is O=C(Nc1ccc(F)c(-n2cc3cc(C4CCCC4)cnc3n2)c1)N1CC(F)C1. The fourth-order valence-electron chi connectivity index (χ4n) is 4.10. The summed E-state index contributed by atoms with van der Waals surface area (Å²) in [6.45, 7) is 0.166. The molecule has 2 fully saturated rings. The van der Waals surface area contributed by atoms with Gasteiger partial charge in [0, 0.05) is 23.5 Å². The second kappa shape index (κ2) is 7.09. The number of nitrogens with zero attached hydrogens (tertiary/aromatic N) is 4. The van der Waals surface area contributed by atoms with Crippen molar-refractivity contribution >= 4 is 22.8 Å². The Labute approximate surface area is 166 Å². The molecule has 1 aliphatic heterocycles. The van der Waals surface area contributed by atoms with Gasteiger partial charge in [0.15, 0.2) is 5.65 Å². The van der Waals surface area contributed by atoms with E-state index in [1.54, 1.807) is 6.20 Å². The van der Waals surface area contributed by atoms with Gasteiger partial charge in [-0.3, -0.25) is 0 Å². The Bertz CT molecular complexity index is 1070. The van der Waals surface area contributed by atoms with Crippen molar-refractivity contribution in [3.8, 4) is 5.69 Å². The maximum atomic E-state index is 14.5. The first-order valence-electron chi connectivity index (χ1n) is 9.92. The van der Waals surface area contributed by atoms with Gasteiger partial charge >= 0.3 is 6.03 Å². The van der Waals surface area contributed by atoms with Crippen molar-refractivity contribution in [2.75, 3.05) is 18.4 Å². The van der Waals surface area contributed by atoms with Crippen LogP contribution in [0.15, 0.2) is 36.7 Å². The highest BCUT2D eigenvalue weighted by Crippen LogP contribution is 2.34. The molecule has 1 saturated heterocycles. The molecule has 6 nitrogen and oxygen atoms in total. The van der Waals surface area contributed by atoms with Crippen LogP contribution >= 0.6 is 0 Å². The normalized spacial score (nSPS) is 17.7. The van der Waals surface area contributed by atoms with Crippen LogP contribution in [0.2, 0.25) is 0 Å². The molecular weight excluding hydrogens is 376 g/mol. The van der Waals surface area contributed by atoms with Crippen molar-refractivity contribution in [3.05, 3.63) is 48.0 Å². The van der Waals surface area contributed by atoms with Crippen LogP contribution in [0.1, 0.15) is 37.2 Å². The van der Waals surface area contributed by atoms with Crippen molar-refractivity contribution in [2.24, 2.45) is 0 Å². The quantitative estimate of drug-likeness (QED) is 0.712. The van der Waals surface area contributed by atoms with Crippen LogP contribution in [0.4, 0.5) is 19.3 Å². The summed E-state index contributed by atoms with van der Waals surface area (Å²) >= 11 is 0. The number of hydrogen-bond donors (Lipinski definition) is 1. The van der Waals surface area contributed by atoms with Crippen molar-refractivity contribution < 1.29 is 13.6 Å². The van der Waals surface area contributed by atoms with E-state index in [-0.39, 0.29) is 18.8 Å². The highest BCUT2D eigenvalue weighted by molar-refractivity contribution is 5.90. The summed E-state index contributed by atoms with van der Waals surface area (Å²) in [5.41, 5.74) is 2.40. The Morgan fingerprint density at radius 1 is 1.17 bits per heavy atom. The molecule has 3 aromatic rings. The monoisotopic (exact) mass is 397 g/mol. The maximum absolute atomic E-state index is 14.5. The fraction of sp³-hybridized carbons (Fsp3) is 0.381. The van der Waals surface area contributed by atoms with Crippen LogP contribution in [0, 0.1) is 5.82 Å². The molecule has 8 heteroatoms. The van der Waals surface area contributed by atoms with Crippen molar-refractivity contribution in [1.82, 2.24) is 19.7 Å². The number of alkyl halides is 1. The third-order valence-corrected chi connectivity index (χ3v) is 5.78. The number of urea groups is 1. The topological polar surface area (TPSA) is 63.1 Å². The molecule has 1 N–H and O–H groups in total. The minimum Gasteiger partial charge on any atom is -0.319 e. The number of benzene rings is 1. The van der Waals surface area contributed by atoms with Gasteiger partial charge in [0.25, 0.3) is 0 Å². The number of hydrogen-bond acceptors (Lipinski definition) is 3. The smallest absolute Gasteiger partial charge is 0.319 e. The molecule has 2 amide bonds. The first kappa shape index (κ1) is 18.0. The van der Waals surface area contributed by atoms with E-state index in [2.05, 4.69) is 21.5 Å². The Kier molecular flexibility index (Phi) is 4.41. The Morgan fingerprint density at radius 2 is 1.97 bits per heavy atom. The van der Waals surface area contributed by atoms with Crippen molar-refractivity contribution in [3.63, 3.8) is 0 Å². The molecule has 3 heterocycles. The zero-order valence-corrected chi connectivity index (χ0v) is 15.8. The van der Waals surface area contributed by atoms with Gasteiger partial charge in [-0.25, -0.2) is 23.2 Å². The number of likely N-dealkylation sites (tertiary alicyclic amines) is 1. The molecule has 0 spiro atoms. The molecule has 0 bridgehead atoms. The molecule has 0 unspecified atom stereocenters. The zero-order valence-electron chi connectivity index (χ0n) is 15.8. The molecule has 2 aromatic heterocycles. The lowest BCUT2D eigenvalue weighted by molar-refractivity contribution is 0.0974. The summed E-state index contributed by atoms with van der Waals surface area (Å²) in [7, 11) is 0. The second-order valence-corrected chi connectivity index (χ2v) is 7.84. The summed E-state index contributed by atoms with van der Waals surface area (Å²) in [5.74, 6) is 0.0792. The third kappa shape index (κ3) is 3.43. The number of amides is 2. The predicted octanol–water partition coefficient (Wildman–Crippen LogP) is 4.40. The number of pyridine rings is 1. The van der Waals surface area contributed by atoms with E-state index < -0.39 is 18.0 Å². The van der Waals surface area contributed by atoms with Gasteiger partial charge < -0.3 is 10.2 Å². The summed E-state index contributed by atoms with van der Waals surface area (Å²) in [6, 6.07) is 5.96. The molecule has 29 heavy (non-hydrogen) atoms. The highest BCUT2D eigenvalue weighted by Gasteiger charge is 2.30. The first-order chi connectivity index (χ1) is 14.1. The average molecular weight is 397 g/mol. The van der Waals surface area contributed by atoms with E-state index in [1.807, 2.05) is 6.20 Å². The molecule has 1 aliphatic carbocycles. The van der Waals surface area contributed by atoms with E-state index >= 15 is 0 Å². The first-order valence-corrected chi connectivity index (χ1v) is 9.92. The summed E-state index contributed by atoms with van der Waals surface area (Å²) in [5, 5.41) is 7.93. The fourth-order valence-corrected chi connectivity index (χ4v) is 4.10. The van der Waals surface area contributed by atoms with E-state index in [0.717, 1.165) is 5.39 Å². The van der Waals surface area contributed by atoms with Crippen LogP contribution < -0.4 is 5.32 Å². The van der Waals surface area contributed by atoms with Crippen LogP contribution in [-0.4, -0.2) is 45.0 Å². The number of anilines is 1. The molecule has 1 saturated carbocycles. The molecule has 2 aliphatic rings. The maximum Gasteiger partial charge on any atom is 0.322 e. The molecule has 1 aromatic carbocycles. The number of carbonyl (C=O) groups is 1. The molecular formula is C21H21F2N5O. The minimum atomic E-state index is -0.970. The lowest BCUT2D eigenvalue weighted by atomic mass is 9.99. The summed E-state index contributed by atoms with van der Waals surface area (Å²) in [6.07, 6.45) is 7.50.